The summed E-state index contributed by atoms with van der Waals surface area (Å²) in [5.74, 6) is -1.10. The summed E-state index contributed by atoms with van der Waals surface area (Å²) >= 11 is 0. The minimum absolute atomic E-state index is 0.0869. The molecule has 0 radical (unpaired) electrons. The van der Waals surface area contributed by atoms with Gasteiger partial charge >= 0.3 is 5.97 Å². The molecule has 0 heterocycles. The second-order valence-corrected chi connectivity index (χ2v) is 6.00. The molecule has 0 aliphatic heterocycles. The highest BCUT2D eigenvalue weighted by Crippen LogP contribution is 2.30. The van der Waals surface area contributed by atoms with Crippen LogP contribution in [0.15, 0.2) is 48.0 Å². The number of hydrogen-bond acceptors (Lipinski definition) is 5. The number of benzene rings is 2. The van der Waals surface area contributed by atoms with Crippen molar-refractivity contribution in [3.8, 4) is 17.6 Å². The molecule has 1 amide bonds. The summed E-state index contributed by atoms with van der Waals surface area (Å²) in [5, 5.41) is 21.0. The minimum atomic E-state index is -1.11. The maximum absolute atomic E-state index is 12.4. The number of nitrogens with one attached hydrogen (secondary N) is 1. The van der Waals surface area contributed by atoms with E-state index in [2.05, 4.69) is 5.32 Å². The molecule has 0 aliphatic rings. The zero-order valence-corrected chi connectivity index (χ0v) is 15.7. The number of aryl methyl sites for hydroxylation is 1. The molecular formula is C21H20N2O5. The monoisotopic (exact) mass is 380 g/mol. The number of hydrogen-bond donors (Lipinski definition) is 2. The van der Waals surface area contributed by atoms with Gasteiger partial charge in [-0.05, 0) is 55.3 Å². The van der Waals surface area contributed by atoms with Gasteiger partial charge in [-0.25, -0.2) is 4.79 Å². The molecule has 0 aromatic heterocycles. The van der Waals surface area contributed by atoms with E-state index in [1.54, 1.807) is 24.3 Å². The number of ether oxygens (including phenoxy) is 2. The summed E-state index contributed by atoms with van der Waals surface area (Å²) in [4.78, 5) is 23.3. The van der Waals surface area contributed by atoms with Crippen molar-refractivity contribution in [1.29, 1.82) is 5.26 Å². The molecule has 2 N–H and O–H groups in total. The summed E-state index contributed by atoms with van der Waals surface area (Å²) in [5.41, 5.74) is 2.02. The SMILES string of the molecule is COc1cc(/C=C(/C#N)C(=O)Nc2cccc(C)c2)ccc1O[C@@H](C)C(=O)O. The lowest BCUT2D eigenvalue weighted by molar-refractivity contribution is -0.144. The maximum atomic E-state index is 12.4. The van der Waals surface area contributed by atoms with Gasteiger partial charge in [0.25, 0.3) is 5.91 Å². The van der Waals surface area contributed by atoms with Gasteiger partial charge in [0.2, 0.25) is 0 Å². The minimum Gasteiger partial charge on any atom is -0.493 e. The van der Waals surface area contributed by atoms with Crippen molar-refractivity contribution in [2.75, 3.05) is 12.4 Å². The first-order valence-electron chi connectivity index (χ1n) is 8.41. The first kappa shape index (κ1) is 20.5. The Kier molecular flexibility index (Phi) is 6.77. The third-order valence-corrected chi connectivity index (χ3v) is 3.79. The second kappa shape index (κ2) is 9.24. The number of nitrogens with zero attached hydrogens (tertiary/aromatic N) is 1. The van der Waals surface area contributed by atoms with Gasteiger partial charge in [-0.3, -0.25) is 4.79 Å². The number of carboxylic acids is 1. The first-order valence-corrected chi connectivity index (χ1v) is 8.41. The van der Waals surface area contributed by atoms with Gasteiger partial charge in [-0.2, -0.15) is 5.26 Å². The van der Waals surface area contributed by atoms with E-state index in [0.717, 1.165) is 5.56 Å². The molecule has 1 atom stereocenters. The van der Waals surface area contributed by atoms with Gasteiger partial charge < -0.3 is 19.9 Å². The summed E-state index contributed by atoms with van der Waals surface area (Å²) in [7, 11) is 1.41. The number of carbonyl (C=O) groups excluding carboxylic acids is 1. The van der Waals surface area contributed by atoms with Crippen molar-refractivity contribution in [3.05, 3.63) is 59.2 Å². The molecule has 0 saturated heterocycles. The fourth-order valence-electron chi connectivity index (χ4n) is 2.35. The molecule has 2 rings (SSSR count). The van der Waals surface area contributed by atoms with E-state index in [0.29, 0.717) is 17.0 Å². The van der Waals surface area contributed by atoms with Crippen LogP contribution >= 0.6 is 0 Å². The number of carbonyl (C=O) groups is 2. The Morgan fingerprint density at radius 1 is 1.21 bits per heavy atom. The summed E-state index contributed by atoms with van der Waals surface area (Å²) < 4.78 is 10.6. The van der Waals surface area contributed by atoms with Crippen LogP contribution in [0.3, 0.4) is 0 Å². The van der Waals surface area contributed by atoms with Crippen LogP contribution in [0.2, 0.25) is 0 Å². The van der Waals surface area contributed by atoms with Crippen LogP contribution in [0.1, 0.15) is 18.1 Å². The Labute approximate surface area is 162 Å². The zero-order chi connectivity index (χ0) is 20.7. The van der Waals surface area contributed by atoms with E-state index in [9.17, 15) is 14.9 Å². The number of amides is 1. The number of carboxylic acid groups (broad SMARTS) is 1. The average Bonchev–Trinajstić information content (AvgIpc) is 2.66. The van der Waals surface area contributed by atoms with Gasteiger partial charge in [0.1, 0.15) is 11.6 Å². The summed E-state index contributed by atoms with van der Waals surface area (Å²) in [6.45, 7) is 3.30. The smallest absolute Gasteiger partial charge is 0.344 e. The van der Waals surface area contributed by atoms with Crippen LogP contribution in [0.25, 0.3) is 6.08 Å². The Hall–Kier alpha value is -3.79. The summed E-state index contributed by atoms with van der Waals surface area (Å²) in [6, 6.07) is 13.8. The maximum Gasteiger partial charge on any atom is 0.344 e. The average molecular weight is 380 g/mol. The molecule has 0 aliphatic carbocycles. The standard InChI is InChI=1S/C21H20N2O5/c1-13-5-4-6-17(9-13)23-20(24)16(12-22)10-15-7-8-18(19(11-15)27-3)28-14(2)21(25)26/h4-11,14H,1-3H3,(H,23,24)(H,25,26)/b16-10-/t14-/m0/s1. The van der Waals surface area contributed by atoms with Crippen molar-refractivity contribution in [2.24, 2.45) is 0 Å². The molecule has 0 spiro atoms. The first-order chi connectivity index (χ1) is 13.3. The molecule has 0 fully saturated rings. The number of anilines is 1. The third kappa shape index (κ3) is 5.35. The van der Waals surface area contributed by atoms with E-state index >= 15 is 0 Å². The number of aliphatic carboxylic acids is 1. The van der Waals surface area contributed by atoms with E-state index in [1.807, 2.05) is 25.1 Å². The number of nitriles is 1. The molecule has 0 bridgehead atoms. The highest BCUT2D eigenvalue weighted by atomic mass is 16.5. The van der Waals surface area contributed by atoms with Gasteiger partial charge in [0.05, 0.1) is 7.11 Å². The highest BCUT2D eigenvalue weighted by molar-refractivity contribution is 6.09. The van der Waals surface area contributed by atoms with Crippen LogP contribution in [0, 0.1) is 18.3 Å². The van der Waals surface area contributed by atoms with Crippen LogP contribution in [0.4, 0.5) is 5.69 Å². The molecule has 7 heteroatoms. The molecule has 2 aromatic carbocycles. The lowest BCUT2D eigenvalue weighted by Crippen LogP contribution is -2.23. The van der Waals surface area contributed by atoms with Crippen molar-refractivity contribution < 1.29 is 24.2 Å². The lowest BCUT2D eigenvalue weighted by atomic mass is 10.1. The predicted octanol–water partition coefficient (Wildman–Crippen LogP) is 3.40. The van der Waals surface area contributed by atoms with Crippen LogP contribution in [-0.4, -0.2) is 30.2 Å². The van der Waals surface area contributed by atoms with Crippen molar-refractivity contribution in [1.82, 2.24) is 0 Å². The predicted molar refractivity (Wildman–Crippen MR) is 104 cm³/mol. The Morgan fingerprint density at radius 2 is 1.96 bits per heavy atom. The van der Waals surface area contributed by atoms with Crippen molar-refractivity contribution in [3.63, 3.8) is 0 Å². The van der Waals surface area contributed by atoms with Gasteiger partial charge in [-0.1, -0.05) is 18.2 Å². The van der Waals surface area contributed by atoms with E-state index in [-0.39, 0.29) is 11.3 Å². The van der Waals surface area contributed by atoms with Gasteiger partial charge in [0.15, 0.2) is 17.6 Å². The van der Waals surface area contributed by atoms with Crippen LogP contribution in [0.5, 0.6) is 11.5 Å². The van der Waals surface area contributed by atoms with Gasteiger partial charge in [0, 0.05) is 5.69 Å². The van der Waals surface area contributed by atoms with Crippen LogP contribution < -0.4 is 14.8 Å². The summed E-state index contributed by atoms with van der Waals surface area (Å²) in [6.07, 6.45) is 0.364. The Bertz CT molecular complexity index is 960. The molecular weight excluding hydrogens is 360 g/mol. The van der Waals surface area contributed by atoms with Gasteiger partial charge in [-0.15, -0.1) is 0 Å². The van der Waals surface area contributed by atoms with E-state index < -0.39 is 18.0 Å². The van der Waals surface area contributed by atoms with Crippen molar-refractivity contribution >= 4 is 23.6 Å². The van der Waals surface area contributed by atoms with Crippen LogP contribution in [-0.2, 0) is 9.59 Å². The topological polar surface area (TPSA) is 109 Å². The molecule has 7 nitrogen and oxygen atoms in total. The number of methoxy groups -OCH3 is 1. The Balaban J connectivity index is 2.24. The molecule has 0 unspecified atom stereocenters. The van der Waals surface area contributed by atoms with E-state index in [1.165, 1.54) is 26.2 Å². The lowest BCUT2D eigenvalue weighted by Gasteiger charge is -2.14. The molecule has 144 valence electrons. The second-order valence-electron chi connectivity index (χ2n) is 6.00. The zero-order valence-electron chi connectivity index (χ0n) is 15.7. The molecule has 0 saturated carbocycles. The number of rotatable bonds is 7. The Morgan fingerprint density at radius 3 is 2.57 bits per heavy atom. The third-order valence-electron chi connectivity index (χ3n) is 3.79. The normalized spacial score (nSPS) is 11.9. The fourth-order valence-corrected chi connectivity index (χ4v) is 2.35. The highest BCUT2D eigenvalue weighted by Gasteiger charge is 2.16. The molecule has 28 heavy (non-hydrogen) atoms. The largest absolute Gasteiger partial charge is 0.493 e. The van der Waals surface area contributed by atoms with Crippen molar-refractivity contribution in [2.45, 2.75) is 20.0 Å². The van der Waals surface area contributed by atoms with E-state index in [4.69, 9.17) is 14.6 Å². The quantitative estimate of drug-likeness (QED) is 0.563. The fraction of sp³-hybridized carbons (Fsp3) is 0.190. The molecule has 2 aromatic rings.